The molecule has 0 spiro atoms. The van der Waals surface area contributed by atoms with E-state index < -0.39 is 126 Å². The second kappa shape index (κ2) is 37.1. The second-order valence-electron chi connectivity index (χ2n) is 21.3. The number of nitrogens with zero attached hydrogens (tertiary/aromatic N) is 5. The number of guanidine groups is 3. The molecule has 474 valence electrons. The van der Waals surface area contributed by atoms with Crippen molar-refractivity contribution < 1.29 is 47.9 Å². The molecule has 0 aromatic heterocycles. The maximum Gasteiger partial charge on any atom is 0.245 e. The van der Waals surface area contributed by atoms with Crippen LogP contribution in [0.15, 0.2) is 45.3 Å². The van der Waals surface area contributed by atoms with Gasteiger partial charge in [-0.25, -0.2) is 0 Å². The van der Waals surface area contributed by atoms with E-state index in [1.807, 2.05) is 0 Å². The van der Waals surface area contributed by atoms with Gasteiger partial charge < -0.3 is 98.6 Å². The number of hydrogen-bond acceptors (Lipinski definition) is 15. The molecule has 2 fully saturated rings. The monoisotopic (exact) mass is 1200 g/mol. The predicted molar refractivity (Wildman–Crippen MR) is 319 cm³/mol. The fourth-order valence-electron chi connectivity index (χ4n) is 9.73. The highest BCUT2D eigenvalue weighted by atomic mass is 16.2. The van der Waals surface area contributed by atoms with E-state index in [1.165, 1.54) is 16.7 Å². The van der Waals surface area contributed by atoms with Gasteiger partial charge in [0.25, 0.3) is 0 Å². The number of likely N-dealkylation sites (tertiary alicyclic amines) is 2. The molecule has 2 aliphatic heterocycles. The molecule has 1 aromatic rings. The van der Waals surface area contributed by atoms with Gasteiger partial charge in [-0.15, -0.1) is 0 Å². The molecule has 0 bridgehead atoms. The van der Waals surface area contributed by atoms with Crippen LogP contribution in [0.5, 0.6) is 0 Å². The van der Waals surface area contributed by atoms with E-state index in [1.54, 1.807) is 44.2 Å². The molecule has 0 aliphatic carbocycles. The van der Waals surface area contributed by atoms with Crippen LogP contribution in [0, 0.1) is 5.92 Å². The van der Waals surface area contributed by atoms with E-state index in [0.717, 1.165) is 0 Å². The van der Waals surface area contributed by atoms with Crippen LogP contribution >= 0.6 is 0 Å². The molecule has 10 amide bonds. The average Bonchev–Trinajstić information content (AvgIpc) is 3.23. The Hall–Kier alpha value is -8.35. The summed E-state index contributed by atoms with van der Waals surface area (Å²) in [5, 5.41) is 18.8. The van der Waals surface area contributed by atoms with Crippen molar-refractivity contribution >= 4 is 77.0 Å². The number of nitrogens with one attached hydrogen (secondary N) is 7. The summed E-state index contributed by atoms with van der Waals surface area (Å²) in [6, 6.07) is -1.40. The number of carbonyl (C=O) groups is 10. The van der Waals surface area contributed by atoms with Crippen molar-refractivity contribution in [3.63, 3.8) is 0 Å². The van der Waals surface area contributed by atoms with Crippen LogP contribution < -0.4 is 88.8 Å². The van der Waals surface area contributed by atoms with Gasteiger partial charge in [0.15, 0.2) is 17.9 Å². The number of primary amides is 1. The molecule has 2 saturated heterocycles. The molecule has 10 unspecified atom stereocenters. The summed E-state index contributed by atoms with van der Waals surface area (Å²) < 4.78 is 0. The Balaban J connectivity index is 1.81. The van der Waals surface area contributed by atoms with Crippen molar-refractivity contribution in [2.75, 3.05) is 45.8 Å². The molecule has 1 aromatic carbocycles. The van der Waals surface area contributed by atoms with Crippen molar-refractivity contribution in [2.24, 2.45) is 72.5 Å². The first-order valence-electron chi connectivity index (χ1n) is 29.0. The Morgan fingerprint density at radius 3 is 1.62 bits per heavy atom. The lowest BCUT2D eigenvalue weighted by atomic mass is 9.96. The molecule has 0 radical (unpaired) electrons. The quantitative estimate of drug-likeness (QED) is 0.0168. The lowest BCUT2D eigenvalue weighted by Gasteiger charge is -2.32. The van der Waals surface area contributed by atoms with Crippen LogP contribution in [-0.4, -0.2) is 187 Å². The Morgan fingerprint density at radius 2 is 1.08 bits per heavy atom. The maximum absolute atomic E-state index is 14.7. The zero-order valence-electron chi connectivity index (χ0n) is 49.2. The number of carbonyl (C=O) groups excluding carboxylic acids is 10. The zero-order chi connectivity index (χ0) is 63.2. The standard InChI is InChI=1S/C54H93N21O10/c1-4-31(2)42(73-46(80)38(29-33-15-6-5-7-16-33)72-44(78)32(3)68-47(81)39-21-13-27-74(39)50(84)34(56)17-10-24-64-52(58)59)49(83)71-37(20-12-26-66-54(62)63)51(85)75-28-14-22-40(75)48(82)70-36(18-8-9-23-55)45(79)67-30-41(76)69-35(43(57)77)19-11-25-65-53(60)61/h5-7,15-16,31-32,34-40,42H,4,8-14,17-30,55-56H2,1-3H3,(H2,57,77)(H,67,79)(H,68,81)(H,69,76)(H,70,82)(H,71,83)(H,72,78)(H,73,80)(H4,58,59,64)(H4,60,61,65)(H4,62,63,66). The van der Waals surface area contributed by atoms with Gasteiger partial charge in [0.2, 0.25) is 59.1 Å². The topological polar surface area (TPSA) is 533 Å². The van der Waals surface area contributed by atoms with Gasteiger partial charge in [0.05, 0.1) is 12.6 Å². The summed E-state index contributed by atoms with van der Waals surface area (Å²) in [7, 11) is 0. The predicted octanol–water partition coefficient (Wildman–Crippen LogP) is -5.60. The Labute approximate surface area is 496 Å². The van der Waals surface area contributed by atoms with Crippen LogP contribution in [0.1, 0.15) is 116 Å². The first-order valence-corrected chi connectivity index (χ1v) is 29.0. The van der Waals surface area contributed by atoms with Crippen LogP contribution in [0.4, 0.5) is 0 Å². The first kappa shape index (κ1) is 70.9. The van der Waals surface area contributed by atoms with Gasteiger partial charge >= 0.3 is 0 Å². The molecule has 10 atom stereocenters. The third-order valence-corrected chi connectivity index (χ3v) is 14.6. The molecule has 2 heterocycles. The molecule has 85 heavy (non-hydrogen) atoms. The van der Waals surface area contributed by atoms with Gasteiger partial charge in [-0.05, 0) is 108 Å². The van der Waals surface area contributed by atoms with E-state index in [-0.39, 0.29) is 95.5 Å². The normalized spacial score (nSPS) is 17.4. The number of unbranched alkanes of at least 4 members (excludes halogenated alkanes) is 1. The van der Waals surface area contributed by atoms with Crippen LogP contribution in [0.3, 0.4) is 0 Å². The third kappa shape index (κ3) is 24.8. The van der Waals surface area contributed by atoms with E-state index in [4.69, 9.17) is 51.6 Å². The summed E-state index contributed by atoms with van der Waals surface area (Å²) in [5.41, 5.74) is 50.7. The highest BCUT2D eigenvalue weighted by molar-refractivity contribution is 5.98. The molecule has 2 aliphatic rings. The van der Waals surface area contributed by atoms with E-state index in [0.29, 0.717) is 63.5 Å². The molecular weight excluding hydrogens is 1100 g/mol. The van der Waals surface area contributed by atoms with Crippen molar-refractivity contribution in [1.29, 1.82) is 0 Å². The summed E-state index contributed by atoms with van der Waals surface area (Å²) >= 11 is 0. The Morgan fingerprint density at radius 1 is 0.565 bits per heavy atom. The first-order chi connectivity index (χ1) is 40.4. The van der Waals surface area contributed by atoms with Crippen LogP contribution in [0.25, 0.3) is 0 Å². The van der Waals surface area contributed by atoms with Crippen molar-refractivity contribution in [3.05, 3.63) is 35.9 Å². The third-order valence-electron chi connectivity index (χ3n) is 14.6. The van der Waals surface area contributed by atoms with Gasteiger partial charge in [-0.1, -0.05) is 50.6 Å². The lowest BCUT2D eigenvalue weighted by molar-refractivity contribution is -0.143. The molecular formula is C54H93N21O10. The van der Waals surface area contributed by atoms with Gasteiger partial charge in [-0.3, -0.25) is 62.9 Å². The van der Waals surface area contributed by atoms with Gasteiger partial charge in [0, 0.05) is 39.1 Å². The highest BCUT2D eigenvalue weighted by Gasteiger charge is 2.41. The average molecular weight is 1200 g/mol. The van der Waals surface area contributed by atoms with Gasteiger partial charge in [0.1, 0.15) is 48.3 Å². The molecule has 25 N–H and O–H groups in total. The summed E-state index contributed by atoms with van der Waals surface area (Å²) in [6.45, 7) is 5.62. The van der Waals surface area contributed by atoms with E-state index >= 15 is 0 Å². The molecule has 31 heteroatoms. The molecule has 0 saturated carbocycles. The number of rotatable bonds is 37. The fourth-order valence-corrected chi connectivity index (χ4v) is 9.73. The number of aliphatic imine (C=N–C) groups is 3. The SMILES string of the molecule is CCC(C)C(NC(=O)C(Cc1ccccc1)NC(=O)C(C)NC(=O)C1CCCN1C(=O)C(N)CCCN=C(N)N)C(=O)NC(CCCN=C(N)N)C(=O)N1CCCC1C(=O)NC(CCCCN)C(=O)NCC(=O)NC(CCCN=C(N)N)C(N)=O. The maximum atomic E-state index is 14.7. The highest BCUT2D eigenvalue weighted by Crippen LogP contribution is 2.22. The zero-order valence-corrected chi connectivity index (χ0v) is 49.2. The second-order valence-corrected chi connectivity index (χ2v) is 21.3. The number of benzene rings is 1. The fraction of sp³-hybridized carbons (Fsp3) is 0.648. The minimum atomic E-state index is -1.29. The number of hydrogen-bond donors (Lipinski definition) is 16. The summed E-state index contributed by atoms with van der Waals surface area (Å²) in [5.74, 6) is -7.76. The largest absolute Gasteiger partial charge is 0.370 e. The number of nitrogens with two attached hydrogens (primary N) is 9. The van der Waals surface area contributed by atoms with Crippen molar-refractivity contribution in [1.82, 2.24) is 47.0 Å². The summed E-state index contributed by atoms with van der Waals surface area (Å²) in [6.07, 6.45) is 4.14. The van der Waals surface area contributed by atoms with Crippen molar-refractivity contribution in [2.45, 2.75) is 171 Å². The van der Waals surface area contributed by atoms with Crippen LogP contribution in [-0.2, 0) is 54.4 Å². The Kier molecular flexibility index (Phi) is 30.9. The summed E-state index contributed by atoms with van der Waals surface area (Å²) in [4.78, 5) is 152. The molecule has 3 rings (SSSR count). The minimum absolute atomic E-state index is 0.0109. The van der Waals surface area contributed by atoms with Gasteiger partial charge in [-0.2, -0.15) is 0 Å². The van der Waals surface area contributed by atoms with Crippen molar-refractivity contribution in [3.8, 4) is 0 Å². The number of amides is 10. The smallest absolute Gasteiger partial charge is 0.245 e. The van der Waals surface area contributed by atoms with E-state index in [2.05, 4.69) is 52.2 Å². The lowest BCUT2D eigenvalue weighted by Crippen LogP contribution is -2.61. The minimum Gasteiger partial charge on any atom is -0.370 e. The van der Waals surface area contributed by atoms with E-state index in [9.17, 15) is 47.9 Å². The molecule has 31 nitrogen and oxygen atoms in total. The Bertz CT molecular complexity index is 2490. The van der Waals surface area contributed by atoms with Crippen LogP contribution in [0.2, 0.25) is 0 Å².